The molecule has 124 valence electrons. The third-order valence-corrected chi connectivity index (χ3v) is 4.20. The number of hydrogen-bond acceptors (Lipinski definition) is 4. The number of rotatable bonds is 6. The molecule has 0 aromatic carbocycles. The lowest BCUT2D eigenvalue weighted by Crippen LogP contribution is -2.48. The van der Waals surface area contributed by atoms with Crippen molar-refractivity contribution in [3.05, 3.63) is 23.7 Å². The Labute approximate surface area is 131 Å². The van der Waals surface area contributed by atoms with Gasteiger partial charge in [0.15, 0.2) is 0 Å². The third-order valence-electron chi connectivity index (χ3n) is 4.20. The first-order valence-corrected chi connectivity index (χ1v) is 7.87. The summed E-state index contributed by atoms with van der Waals surface area (Å²) in [6.07, 6.45) is 4.07. The molecule has 0 radical (unpaired) electrons. The van der Waals surface area contributed by atoms with E-state index < -0.39 is 0 Å². The zero-order valence-corrected chi connectivity index (χ0v) is 13.3. The topological polar surface area (TPSA) is 83.7 Å². The van der Waals surface area contributed by atoms with Crippen LogP contribution in [0.25, 0.3) is 0 Å². The standard InChI is InChI=1S/C16H26N2O4/c1-11-7-8-15(22-11)14(10-21-2)18-16(20)17-13-6-4-3-5-12(13)9-19/h7-8,12-14,19H,3-6,9-10H2,1-2H3,(H2,17,18,20). The highest BCUT2D eigenvalue weighted by Gasteiger charge is 2.27. The molecule has 0 saturated heterocycles. The molecule has 3 unspecified atom stereocenters. The van der Waals surface area contributed by atoms with Crippen molar-refractivity contribution in [1.82, 2.24) is 10.6 Å². The number of carbonyl (C=O) groups excluding carboxylic acids is 1. The average Bonchev–Trinajstić information content (AvgIpc) is 2.94. The highest BCUT2D eigenvalue weighted by molar-refractivity contribution is 5.74. The van der Waals surface area contributed by atoms with E-state index in [4.69, 9.17) is 9.15 Å². The van der Waals surface area contributed by atoms with Crippen molar-refractivity contribution in [2.45, 2.75) is 44.7 Å². The van der Waals surface area contributed by atoms with E-state index >= 15 is 0 Å². The molecule has 0 bridgehead atoms. The number of urea groups is 1. The van der Waals surface area contributed by atoms with Gasteiger partial charge in [-0.1, -0.05) is 12.8 Å². The van der Waals surface area contributed by atoms with Crippen LogP contribution in [0.15, 0.2) is 16.5 Å². The second kappa shape index (κ2) is 8.19. The summed E-state index contributed by atoms with van der Waals surface area (Å²) in [6.45, 7) is 2.32. The zero-order chi connectivity index (χ0) is 15.9. The molecule has 3 N–H and O–H groups in total. The van der Waals surface area contributed by atoms with E-state index in [0.29, 0.717) is 12.4 Å². The largest absolute Gasteiger partial charge is 0.464 e. The molecule has 0 spiro atoms. The van der Waals surface area contributed by atoms with Crippen molar-refractivity contribution in [3.63, 3.8) is 0 Å². The first-order chi connectivity index (χ1) is 10.6. The summed E-state index contributed by atoms with van der Waals surface area (Å²) in [4.78, 5) is 12.2. The van der Waals surface area contributed by atoms with Gasteiger partial charge in [-0.3, -0.25) is 0 Å². The van der Waals surface area contributed by atoms with Crippen molar-refractivity contribution < 1.29 is 19.1 Å². The van der Waals surface area contributed by atoms with Crippen LogP contribution in [-0.4, -0.2) is 37.5 Å². The fourth-order valence-corrected chi connectivity index (χ4v) is 2.99. The number of aliphatic hydroxyl groups is 1. The molecule has 1 aliphatic rings. The molecule has 6 nitrogen and oxygen atoms in total. The van der Waals surface area contributed by atoms with Gasteiger partial charge >= 0.3 is 6.03 Å². The fraction of sp³-hybridized carbons (Fsp3) is 0.688. The average molecular weight is 310 g/mol. The van der Waals surface area contributed by atoms with Crippen molar-refractivity contribution in [1.29, 1.82) is 0 Å². The molecular weight excluding hydrogens is 284 g/mol. The maximum atomic E-state index is 12.2. The van der Waals surface area contributed by atoms with Crippen molar-refractivity contribution >= 4 is 6.03 Å². The van der Waals surface area contributed by atoms with Gasteiger partial charge in [-0.15, -0.1) is 0 Å². The molecule has 22 heavy (non-hydrogen) atoms. The summed E-state index contributed by atoms with van der Waals surface area (Å²) in [5, 5.41) is 15.3. The molecule has 2 rings (SSSR count). The molecule has 3 atom stereocenters. The van der Waals surface area contributed by atoms with Gasteiger partial charge in [-0.25, -0.2) is 4.79 Å². The zero-order valence-electron chi connectivity index (χ0n) is 13.3. The first kappa shape index (κ1) is 16.8. The predicted molar refractivity (Wildman–Crippen MR) is 82.6 cm³/mol. The Morgan fingerprint density at radius 2 is 2.23 bits per heavy atom. The normalized spacial score (nSPS) is 23.0. The van der Waals surface area contributed by atoms with Gasteiger partial charge in [0.2, 0.25) is 0 Å². The molecule has 0 aliphatic heterocycles. The minimum Gasteiger partial charge on any atom is -0.464 e. The number of aliphatic hydroxyl groups excluding tert-OH is 1. The van der Waals surface area contributed by atoms with E-state index in [2.05, 4.69) is 10.6 Å². The molecule has 2 amide bonds. The van der Waals surface area contributed by atoms with Gasteiger partial charge in [-0.05, 0) is 31.9 Å². The Morgan fingerprint density at radius 3 is 2.86 bits per heavy atom. The fourth-order valence-electron chi connectivity index (χ4n) is 2.99. The number of hydrogen-bond donors (Lipinski definition) is 3. The molecule has 1 aromatic heterocycles. The van der Waals surface area contributed by atoms with Crippen LogP contribution in [0.1, 0.15) is 43.2 Å². The second-order valence-corrected chi connectivity index (χ2v) is 5.91. The summed E-state index contributed by atoms with van der Waals surface area (Å²) >= 11 is 0. The van der Waals surface area contributed by atoms with Crippen LogP contribution in [0.4, 0.5) is 4.79 Å². The summed E-state index contributed by atoms with van der Waals surface area (Å²) in [5.74, 6) is 1.62. The lowest BCUT2D eigenvalue weighted by atomic mass is 9.85. The summed E-state index contributed by atoms with van der Waals surface area (Å²) < 4.78 is 10.7. The van der Waals surface area contributed by atoms with Crippen LogP contribution in [0, 0.1) is 12.8 Å². The lowest BCUT2D eigenvalue weighted by molar-refractivity contribution is 0.143. The minimum absolute atomic E-state index is 0.0280. The second-order valence-electron chi connectivity index (χ2n) is 5.91. The highest BCUT2D eigenvalue weighted by atomic mass is 16.5. The first-order valence-electron chi connectivity index (χ1n) is 7.87. The number of aryl methyl sites for hydroxylation is 1. The van der Waals surface area contributed by atoms with E-state index in [1.54, 1.807) is 7.11 Å². The number of amides is 2. The summed E-state index contributed by atoms with van der Waals surface area (Å²) in [5.41, 5.74) is 0. The van der Waals surface area contributed by atoms with Crippen LogP contribution < -0.4 is 10.6 Å². The number of nitrogens with one attached hydrogen (secondary N) is 2. The summed E-state index contributed by atoms with van der Waals surface area (Å²) in [6, 6.07) is 3.16. The van der Waals surface area contributed by atoms with Gasteiger partial charge in [0, 0.05) is 25.7 Å². The lowest BCUT2D eigenvalue weighted by Gasteiger charge is -2.31. The van der Waals surface area contributed by atoms with Crippen LogP contribution in [0.5, 0.6) is 0 Å². The Kier molecular flexibility index (Phi) is 6.27. The summed E-state index contributed by atoms with van der Waals surface area (Å²) in [7, 11) is 1.59. The Hall–Kier alpha value is -1.53. The van der Waals surface area contributed by atoms with Gasteiger partial charge < -0.3 is 24.9 Å². The predicted octanol–water partition coefficient (Wildman–Crippen LogP) is 2.13. The molecule has 1 heterocycles. The molecular formula is C16H26N2O4. The number of methoxy groups -OCH3 is 1. The Morgan fingerprint density at radius 1 is 1.45 bits per heavy atom. The quantitative estimate of drug-likeness (QED) is 0.751. The molecule has 1 fully saturated rings. The van der Waals surface area contributed by atoms with Crippen molar-refractivity contribution in [3.8, 4) is 0 Å². The van der Waals surface area contributed by atoms with Crippen LogP contribution in [0.2, 0.25) is 0 Å². The van der Waals surface area contributed by atoms with Crippen molar-refractivity contribution in [2.75, 3.05) is 20.3 Å². The van der Waals surface area contributed by atoms with Gasteiger partial charge in [0.1, 0.15) is 17.6 Å². The maximum Gasteiger partial charge on any atom is 0.315 e. The molecule has 1 aliphatic carbocycles. The van der Waals surface area contributed by atoms with E-state index in [9.17, 15) is 9.90 Å². The van der Waals surface area contributed by atoms with Gasteiger partial charge in [-0.2, -0.15) is 0 Å². The molecule has 1 saturated carbocycles. The number of ether oxygens (including phenoxy) is 1. The number of furan rings is 1. The highest BCUT2D eigenvalue weighted by Crippen LogP contribution is 2.24. The van der Waals surface area contributed by atoms with E-state index in [1.807, 2.05) is 19.1 Å². The molecule has 6 heteroatoms. The van der Waals surface area contributed by atoms with Crippen LogP contribution >= 0.6 is 0 Å². The number of carbonyl (C=O) groups is 1. The minimum atomic E-state index is -0.324. The Balaban J connectivity index is 1.93. The maximum absolute atomic E-state index is 12.2. The smallest absolute Gasteiger partial charge is 0.315 e. The van der Waals surface area contributed by atoms with Crippen LogP contribution in [-0.2, 0) is 4.74 Å². The Bertz CT molecular complexity index is 474. The SMILES string of the molecule is COCC(NC(=O)NC1CCCCC1CO)c1ccc(C)o1. The van der Waals surface area contributed by atoms with E-state index in [-0.39, 0.29) is 30.6 Å². The van der Waals surface area contributed by atoms with E-state index in [1.165, 1.54) is 0 Å². The third kappa shape index (κ3) is 4.48. The van der Waals surface area contributed by atoms with Crippen LogP contribution in [0.3, 0.4) is 0 Å². The van der Waals surface area contributed by atoms with Gasteiger partial charge in [0.05, 0.1) is 6.61 Å². The molecule has 1 aromatic rings. The van der Waals surface area contributed by atoms with Gasteiger partial charge in [0.25, 0.3) is 0 Å². The van der Waals surface area contributed by atoms with E-state index in [0.717, 1.165) is 31.4 Å². The monoisotopic (exact) mass is 310 g/mol. The van der Waals surface area contributed by atoms with Crippen molar-refractivity contribution in [2.24, 2.45) is 5.92 Å².